The van der Waals surface area contributed by atoms with Gasteiger partial charge in [-0.3, -0.25) is 4.90 Å². The first-order chi connectivity index (χ1) is 9.19. The van der Waals surface area contributed by atoms with Gasteiger partial charge in [0.05, 0.1) is 0 Å². The SMILES string of the molecule is CCC1CN(C)CCCN1CC1C2CCC(C2)C1N. The van der Waals surface area contributed by atoms with E-state index in [9.17, 15) is 0 Å². The average molecular weight is 265 g/mol. The van der Waals surface area contributed by atoms with Crippen molar-refractivity contribution in [3.05, 3.63) is 0 Å². The van der Waals surface area contributed by atoms with Crippen LogP contribution in [0.5, 0.6) is 0 Å². The molecule has 3 nitrogen and oxygen atoms in total. The molecule has 0 amide bonds. The molecule has 5 atom stereocenters. The fraction of sp³-hybridized carbons (Fsp3) is 1.00. The smallest absolute Gasteiger partial charge is 0.0220 e. The predicted molar refractivity (Wildman–Crippen MR) is 80.1 cm³/mol. The van der Waals surface area contributed by atoms with Gasteiger partial charge in [0.1, 0.15) is 0 Å². The highest BCUT2D eigenvalue weighted by Crippen LogP contribution is 2.48. The molecule has 1 heterocycles. The van der Waals surface area contributed by atoms with E-state index in [0.29, 0.717) is 6.04 Å². The Morgan fingerprint density at radius 2 is 1.95 bits per heavy atom. The van der Waals surface area contributed by atoms with E-state index in [1.165, 1.54) is 58.3 Å². The lowest BCUT2D eigenvalue weighted by Crippen LogP contribution is -2.47. The molecule has 0 aromatic rings. The van der Waals surface area contributed by atoms with Crippen LogP contribution in [0.25, 0.3) is 0 Å². The van der Waals surface area contributed by atoms with Crippen LogP contribution in [0.15, 0.2) is 0 Å². The fourth-order valence-corrected chi connectivity index (χ4v) is 4.92. The summed E-state index contributed by atoms with van der Waals surface area (Å²) in [5, 5.41) is 0. The van der Waals surface area contributed by atoms with Crippen molar-refractivity contribution in [3.8, 4) is 0 Å². The maximum absolute atomic E-state index is 6.50. The van der Waals surface area contributed by atoms with Gasteiger partial charge in [-0.15, -0.1) is 0 Å². The third kappa shape index (κ3) is 2.70. The Morgan fingerprint density at radius 3 is 2.63 bits per heavy atom. The first kappa shape index (κ1) is 13.8. The number of rotatable bonds is 3. The standard InChI is InChI=1S/C16H31N3/c1-3-14-10-18(2)7-4-8-19(14)11-15-12-5-6-13(9-12)16(15)17/h12-16H,3-11,17H2,1-2H3. The molecular weight excluding hydrogens is 234 g/mol. The van der Waals surface area contributed by atoms with E-state index < -0.39 is 0 Å². The van der Waals surface area contributed by atoms with Gasteiger partial charge in [-0.05, 0) is 70.0 Å². The summed E-state index contributed by atoms with van der Waals surface area (Å²) >= 11 is 0. The highest BCUT2D eigenvalue weighted by atomic mass is 15.2. The van der Waals surface area contributed by atoms with Crippen molar-refractivity contribution < 1.29 is 0 Å². The molecule has 19 heavy (non-hydrogen) atoms. The maximum atomic E-state index is 6.50. The van der Waals surface area contributed by atoms with Crippen molar-refractivity contribution in [1.29, 1.82) is 0 Å². The fourth-order valence-electron chi connectivity index (χ4n) is 4.92. The van der Waals surface area contributed by atoms with Crippen molar-refractivity contribution in [1.82, 2.24) is 9.80 Å². The zero-order chi connectivity index (χ0) is 13.4. The van der Waals surface area contributed by atoms with E-state index in [1.54, 1.807) is 0 Å². The number of hydrogen-bond donors (Lipinski definition) is 1. The van der Waals surface area contributed by atoms with Crippen LogP contribution < -0.4 is 5.73 Å². The van der Waals surface area contributed by atoms with Gasteiger partial charge in [0.15, 0.2) is 0 Å². The Balaban J connectivity index is 1.64. The van der Waals surface area contributed by atoms with E-state index >= 15 is 0 Å². The van der Waals surface area contributed by atoms with Gasteiger partial charge in [0.25, 0.3) is 0 Å². The lowest BCUT2D eigenvalue weighted by Gasteiger charge is -2.37. The Hall–Kier alpha value is -0.120. The summed E-state index contributed by atoms with van der Waals surface area (Å²) in [6, 6.07) is 1.25. The summed E-state index contributed by atoms with van der Waals surface area (Å²) in [6.45, 7) is 7.40. The molecule has 3 fully saturated rings. The summed E-state index contributed by atoms with van der Waals surface area (Å²) in [5.74, 6) is 2.58. The van der Waals surface area contributed by atoms with Crippen LogP contribution in [0.4, 0.5) is 0 Å². The highest BCUT2D eigenvalue weighted by Gasteiger charge is 2.46. The normalized spacial score (nSPS) is 44.7. The van der Waals surface area contributed by atoms with Gasteiger partial charge >= 0.3 is 0 Å². The van der Waals surface area contributed by atoms with Crippen LogP contribution in [0.2, 0.25) is 0 Å². The van der Waals surface area contributed by atoms with E-state index in [-0.39, 0.29) is 0 Å². The molecule has 5 unspecified atom stereocenters. The van der Waals surface area contributed by atoms with E-state index in [2.05, 4.69) is 23.8 Å². The minimum atomic E-state index is 0.497. The highest BCUT2D eigenvalue weighted by molar-refractivity contribution is 5.00. The molecule has 2 bridgehead atoms. The molecule has 0 aromatic carbocycles. The molecule has 110 valence electrons. The van der Waals surface area contributed by atoms with Gasteiger partial charge in [0.2, 0.25) is 0 Å². The molecule has 1 aliphatic heterocycles. The van der Waals surface area contributed by atoms with E-state index in [4.69, 9.17) is 5.73 Å². The topological polar surface area (TPSA) is 32.5 Å². The Kier molecular flexibility index (Phi) is 4.16. The molecule has 2 saturated carbocycles. The minimum Gasteiger partial charge on any atom is -0.327 e. The summed E-state index contributed by atoms with van der Waals surface area (Å²) in [4.78, 5) is 5.28. The van der Waals surface area contributed by atoms with Crippen molar-refractivity contribution in [2.24, 2.45) is 23.5 Å². The van der Waals surface area contributed by atoms with Crippen LogP contribution >= 0.6 is 0 Å². The van der Waals surface area contributed by atoms with Gasteiger partial charge < -0.3 is 10.6 Å². The quantitative estimate of drug-likeness (QED) is 0.844. The minimum absolute atomic E-state index is 0.497. The molecule has 0 radical (unpaired) electrons. The van der Waals surface area contributed by atoms with E-state index in [0.717, 1.165) is 23.8 Å². The molecular formula is C16H31N3. The molecule has 3 heteroatoms. The van der Waals surface area contributed by atoms with Gasteiger partial charge in [-0.25, -0.2) is 0 Å². The monoisotopic (exact) mass is 265 g/mol. The van der Waals surface area contributed by atoms with Gasteiger partial charge in [-0.1, -0.05) is 6.92 Å². The lowest BCUT2D eigenvalue weighted by molar-refractivity contribution is 0.127. The summed E-state index contributed by atoms with van der Waals surface area (Å²) in [7, 11) is 2.27. The van der Waals surface area contributed by atoms with Crippen molar-refractivity contribution >= 4 is 0 Å². The zero-order valence-electron chi connectivity index (χ0n) is 12.7. The largest absolute Gasteiger partial charge is 0.327 e. The molecule has 0 spiro atoms. The Labute approximate surface area is 118 Å². The maximum Gasteiger partial charge on any atom is 0.0220 e. The average Bonchev–Trinajstić information content (AvgIpc) is 2.92. The molecule has 2 N–H and O–H groups in total. The second-order valence-electron chi connectivity index (χ2n) is 7.25. The number of fused-ring (bicyclic) bond motifs is 2. The van der Waals surface area contributed by atoms with Crippen LogP contribution in [0.3, 0.4) is 0 Å². The predicted octanol–water partition coefficient (Wildman–Crippen LogP) is 1.78. The second-order valence-corrected chi connectivity index (χ2v) is 7.25. The number of nitrogens with two attached hydrogens (primary N) is 1. The number of likely N-dealkylation sites (N-methyl/N-ethyl adjacent to an activating group) is 1. The first-order valence-electron chi connectivity index (χ1n) is 8.37. The summed E-state index contributed by atoms with van der Waals surface area (Å²) in [6.07, 6.45) is 6.88. The van der Waals surface area contributed by atoms with Crippen LogP contribution in [-0.4, -0.2) is 55.1 Å². The summed E-state index contributed by atoms with van der Waals surface area (Å²) < 4.78 is 0. The van der Waals surface area contributed by atoms with E-state index in [1.807, 2.05) is 0 Å². The Bertz CT molecular complexity index is 304. The molecule has 2 aliphatic carbocycles. The molecule has 0 aromatic heterocycles. The summed E-state index contributed by atoms with van der Waals surface area (Å²) in [5.41, 5.74) is 6.50. The number of nitrogens with zero attached hydrogens (tertiary/aromatic N) is 2. The third-order valence-corrected chi connectivity index (χ3v) is 6.10. The third-order valence-electron chi connectivity index (χ3n) is 6.10. The number of hydrogen-bond acceptors (Lipinski definition) is 3. The molecule has 1 saturated heterocycles. The second kappa shape index (κ2) is 5.71. The van der Waals surface area contributed by atoms with Crippen molar-refractivity contribution in [3.63, 3.8) is 0 Å². The van der Waals surface area contributed by atoms with Crippen molar-refractivity contribution in [2.45, 2.75) is 51.1 Å². The first-order valence-corrected chi connectivity index (χ1v) is 8.37. The lowest BCUT2D eigenvalue weighted by atomic mass is 9.84. The van der Waals surface area contributed by atoms with Crippen LogP contribution in [0.1, 0.15) is 39.0 Å². The van der Waals surface area contributed by atoms with Gasteiger partial charge in [0, 0.05) is 25.2 Å². The van der Waals surface area contributed by atoms with Crippen molar-refractivity contribution in [2.75, 3.05) is 33.2 Å². The molecule has 3 aliphatic rings. The molecule has 3 rings (SSSR count). The van der Waals surface area contributed by atoms with Crippen LogP contribution in [-0.2, 0) is 0 Å². The Morgan fingerprint density at radius 1 is 1.16 bits per heavy atom. The zero-order valence-corrected chi connectivity index (χ0v) is 12.7. The van der Waals surface area contributed by atoms with Crippen LogP contribution in [0, 0.1) is 17.8 Å². The van der Waals surface area contributed by atoms with Gasteiger partial charge in [-0.2, -0.15) is 0 Å².